The second-order valence-electron chi connectivity index (χ2n) is 5.20. The molecule has 0 radical (unpaired) electrons. The molecule has 0 saturated heterocycles. The molecule has 0 spiro atoms. The van der Waals surface area contributed by atoms with E-state index >= 15 is 0 Å². The highest BCUT2D eigenvalue weighted by Crippen LogP contribution is 2.34. The van der Waals surface area contributed by atoms with E-state index in [2.05, 4.69) is 12.2 Å². The molecule has 0 aliphatic heterocycles. The van der Waals surface area contributed by atoms with Gasteiger partial charge in [-0.3, -0.25) is 9.59 Å². The first kappa shape index (κ1) is 14.1. The van der Waals surface area contributed by atoms with Crippen LogP contribution < -0.4 is 5.32 Å². The third-order valence-electron chi connectivity index (χ3n) is 3.73. The minimum atomic E-state index is -0.485. The minimum Gasteiger partial charge on any atom is -0.341 e. The fourth-order valence-electron chi connectivity index (χ4n) is 2.14. The Morgan fingerprint density at radius 3 is 2.63 bits per heavy atom. The van der Waals surface area contributed by atoms with E-state index in [-0.39, 0.29) is 17.9 Å². The standard InChI is InChI=1S/C14H20N2O2S/c1-9(15-13(17)12-5-4-8-19-12)14(18)16(3)10(2)11-6-7-11/h4-5,8-11H,6-7H2,1-3H3,(H,15,17). The Kier molecular flexibility index (Phi) is 4.24. The topological polar surface area (TPSA) is 49.4 Å². The molecule has 2 rings (SSSR count). The first-order valence-corrected chi connectivity index (χ1v) is 7.49. The highest BCUT2D eigenvalue weighted by Gasteiger charge is 2.34. The van der Waals surface area contributed by atoms with Gasteiger partial charge in [0.05, 0.1) is 4.88 Å². The average molecular weight is 280 g/mol. The van der Waals surface area contributed by atoms with Gasteiger partial charge in [-0.25, -0.2) is 0 Å². The SMILES string of the molecule is CC(NC(=O)c1cccs1)C(=O)N(C)C(C)C1CC1. The van der Waals surface area contributed by atoms with Gasteiger partial charge in [-0.05, 0) is 44.1 Å². The van der Waals surface area contributed by atoms with Crippen molar-refractivity contribution in [2.24, 2.45) is 5.92 Å². The summed E-state index contributed by atoms with van der Waals surface area (Å²) in [6.07, 6.45) is 2.41. The van der Waals surface area contributed by atoms with E-state index in [0.717, 1.165) is 0 Å². The molecule has 4 nitrogen and oxygen atoms in total. The Bertz CT molecular complexity index is 454. The molecule has 1 saturated carbocycles. The van der Waals surface area contributed by atoms with E-state index in [9.17, 15) is 9.59 Å². The molecule has 1 heterocycles. The lowest BCUT2D eigenvalue weighted by Gasteiger charge is -2.28. The molecule has 1 aromatic rings. The number of nitrogens with zero attached hydrogens (tertiary/aromatic N) is 1. The van der Waals surface area contributed by atoms with Crippen LogP contribution in [0.15, 0.2) is 17.5 Å². The Labute approximate surface area is 117 Å². The lowest BCUT2D eigenvalue weighted by atomic mass is 10.1. The van der Waals surface area contributed by atoms with Crippen molar-refractivity contribution in [1.82, 2.24) is 10.2 Å². The monoisotopic (exact) mass is 280 g/mol. The Morgan fingerprint density at radius 2 is 2.11 bits per heavy atom. The fourth-order valence-corrected chi connectivity index (χ4v) is 2.77. The van der Waals surface area contributed by atoms with Gasteiger partial charge in [-0.15, -0.1) is 11.3 Å². The van der Waals surface area contributed by atoms with Crippen LogP contribution in [0.25, 0.3) is 0 Å². The molecule has 0 aromatic carbocycles. The number of hydrogen-bond donors (Lipinski definition) is 1. The first-order chi connectivity index (χ1) is 9.00. The second-order valence-corrected chi connectivity index (χ2v) is 6.15. The number of thiophene rings is 1. The van der Waals surface area contributed by atoms with Gasteiger partial charge >= 0.3 is 0 Å². The number of carbonyl (C=O) groups is 2. The maximum atomic E-state index is 12.2. The average Bonchev–Trinajstić information content (AvgIpc) is 3.10. The molecule has 1 aliphatic rings. The van der Waals surface area contributed by atoms with Crippen LogP contribution in [0.1, 0.15) is 36.4 Å². The van der Waals surface area contributed by atoms with Gasteiger partial charge in [-0.1, -0.05) is 6.07 Å². The summed E-state index contributed by atoms with van der Waals surface area (Å²) in [4.78, 5) is 26.5. The molecule has 1 aliphatic carbocycles. The van der Waals surface area contributed by atoms with Crippen LogP contribution in [-0.4, -0.2) is 35.8 Å². The number of carbonyl (C=O) groups excluding carboxylic acids is 2. The van der Waals surface area contributed by atoms with Crippen LogP contribution in [0.3, 0.4) is 0 Å². The number of hydrogen-bond acceptors (Lipinski definition) is 3. The van der Waals surface area contributed by atoms with E-state index in [1.54, 1.807) is 17.9 Å². The van der Waals surface area contributed by atoms with E-state index in [0.29, 0.717) is 10.8 Å². The molecule has 5 heteroatoms. The molecule has 1 N–H and O–H groups in total. The van der Waals surface area contributed by atoms with Crippen molar-refractivity contribution >= 4 is 23.2 Å². The molecular weight excluding hydrogens is 260 g/mol. The van der Waals surface area contributed by atoms with Crippen LogP contribution in [-0.2, 0) is 4.79 Å². The van der Waals surface area contributed by atoms with Gasteiger partial charge in [0.2, 0.25) is 5.91 Å². The zero-order chi connectivity index (χ0) is 14.0. The summed E-state index contributed by atoms with van der Waals surface area (Å²) in [6.45, 7) is 3.81. The summed E-state index contributed by atoms with van der Waals surface area (Å²) >= 11 is 1.38. The van der Waals surface area contributed by atoms with E-state index in [4.69, 9.17) is 0 Å². The molecule has 1 aromatic heterocycles. The zero-order valence-electron chi connectivity index (χ0n) is 11.6. The van der Waals surface area contributed by atoms with Crippen molar-refractivity contribution < 1.29 is 9.59 Å². The summed E-state index contributed by atoms with van der Waals surface area (Å²) in [5.74, 6) is 0.432. The number of amides is 2. The largest absolute Gasteiger partial charge is 0.341 e. The predicted octanol–water partition coefficient (Wildman–Crippen LogP) is 2.12. The lowest BCUT2D eigenvalue weighted by molar-refractivity contribution is -0.133. The summed E-state index contributed by atoms with van der Waals surface area (Å²) in [5, 5.41) is 4.61. The van der Waals surface area contributed by atoms with E-state index in [1.807, 2.05) is 18.5 Å². The smallest absolute Gasteiger partial charge is 0.261 e. The molecular formula is C14H20N2O2S. The Morgan fingerprint density at radius 1 is 1.42 bits per heavy atom. The zero-order valence-corrected chi connectivity index (χ0v) is 12.4. The quantitative estimate of drug-likeness (QED) is 0.898. The normalized spacial score (nSPS) is 17.6. The van der Waals surface area contributed by atoms with Crippen LogP contribution in [0, 0.1) is 5.92 Å². The molecule has 1 fully saturated rings. The molecule has 0 bridgehead atoms. The van der Waals surface area contributed by atoms with Crippen molar-refractivity contribution in [3.05, 3.63) is 22.4 Å². The molecule has 104 valence electrons. The highest BCUT2D eigenvalue weighted by molar-refractivity contribution is 7.12. The van der Waals surface area contributed by atoms with E-state index in [1.165, 1.54) is 24.2 Å². The maximum absolute atomic E-state index is 12.2. The molecule has 2 unspecified atom stereocenters. The van der Waals surface area contributed by atoms with Crippen molar-refractivity contribution in [2.75, 3.05) is 7.05 Å². The van der Waals surface area contributed by atoms with Crippen LogP contribution >= 0.6 is 11.3 Å². The van der Waals surface area contributed by atoms with Crippen LogP contribution in [0.4, 0.5) is 0 Å². The van der Waals surface area contributed by atoms with Gasteiger partial charge < -0.3 is 10.2 Å². The molecule has 2 atom stereocenters. The van der Waals surface area contributed by atoms with Gasteiger partial charge in [0, 0.05) is 13.1 Å². The fraction of sp³-hybridized carbons (Fsp3) is 0.571. The predicted molar refractivity (Wildman–Crippen MR) is 76.2 cm³/mol. The first-order valence-electron chi connectivity index (χ1n) is 6.61. The van der Waals surface area contributed by atoms with Crippen LogP contribution in [0.5, 0.6) is 0 Å². The van der Waals surface area contributed by atoms with Crippen molar-refractivity contribution in [2.45, 2.75) is 38.8 Å². The second kappa shape index (κ2) is 5.74. The maximum Gasteiger partial charge on any atom is 0.261 e. The lowest BCUT2D eigenvalue weighted by Crippen LogP contribution is -2.48. The van der Waals surface area contributed by atoms with Crippen molar-refractivity contribution in [3.8, 4) is 0 Å². The molecule has 2 amide bonds. The van der Waals surface area contributed by atoms with E-state index < -0.39 is 6.04 Å². The summed E-state index contributed by atoms with van der Waals surface area (Å²) < 4.78 is 0. The highest BCUT2D eigenvalue weighted by atomic mass is 32.1. The van der Waals surface area contributed by atoms with Crippen molar-refractivity contribution in [3.63, 3.8) is 0 Å². The number of rotatable bonds is 5. The third kappa shape index (κ3) is 3.35. The van der Waals surface area contributed by atoms with Crippen molar-refractivity contribution in [1.29, 1.82) is 0 Å². The van der Waals surface area contributed by atoms with Gasteiger partial charge in [0.25, 0.3) is 5.91 Å². The Hall–Kier alpha value is -1.36. The van der Waals surface area contributed by atoms with Gasteiger partial charge in [-0.2, -0.15) is 0 Å². The third-order valence-corrected chi connectivity index (χ3v) is 4.59. The number of likely N-dealkylation sites (N-methyl/N-ethyl adjacent to an activating group) is 1. The summed E-state index contributed by atoms with van der Waals surface area (Å²) in [5.41, 5.74) is 0. The van der Waals surface area contributed by atoms with Crippen LogP contribution in [0.2, 0.25) is 0 Å². The Balaban J connectivity index is 1.89. The number of nitrogens with one attached hydrogen (secondary N) is 1. The van der Waals surface area contributed by atoms with Gasteiger partial charge in [0.1, 0.15) is 6.04 Å². The summed E-state index contributed by atoms with van der Waals surface area (Å²) in [7, 11) is 1.82. The summed E-state index contributed by atoms with van der Waals surface area (Å²) in [6, 6.07) is 3.36. The van der Waals surface area contributed by atoms with Gasteiger partial charge in [0.15, 0.2) is 0 Å². The molecule has 19 heavy (non-hydrogen) atoms. The minimum absolute atomic E-state index is 0.0238.